The van der Waals surface area contributed by atoms with Crippen molar-refractivity contribution in [1.29, 1.82) is 0 Å². The summed E-state index contributed by atoms with van der Waals surface area (Å²) in [6.45, 7) is 0. The van der Waals surface area contributed by atoms with Crippen LogP contribution in [0.2, 0.25) is 0 Å². The van der Waals surface area contributed by atoms with Gasteiger partial charge in [0.15, 0.2) is 0 Å². The zero-order chi connectivity index (χ0) is 8.81. The third-order valence-corrected chi connectivity index (χ3v) is 1.46. The van der Waals surface area contributed by atoms with E-state index in [2.05, 4.69) is 23.2 Å². The second-order valence-electron chi connectivity index (χ2n) is 2.13. The van der Waals surface area contributed by atoms with E-state index in [4.69, 9.17) is 7.67 Å². The Labute approximate surface area is 75.3 Å². The predicted molar refractivity (Wildman–Crippen MR) is 39.7 cm³/mol. The van der Waals surface area contributed by atoms with Crippen molar-refractivity contribution in [2.75, 3.05) is 0 Å². The van der Waals surface area contributed by atoms with Crippen molar-refractivity contribution in [3.63, 3.8) is 0 Å². The smallest absolute Gasteiger partial charge is 0.0453 e. The van der Waals surface area contributed by atoms with Gasteiger partial charge in [-0.3, -0.25) is 0 Å². The van der Waals surface area contributed by atoms with Gasteiger partial charge in [-0.15, -0.1) is 0 Å². The second kappa shape index (κ2) is 4.70. The van der Waals surface area contributed by atoms with E-state index in [1.807, 2.05) is 18.3 Å². The monoisotopic (exact) mass is 204 g/mol. The minimum atomic E-state index is -1.44. The molecule has 0 unspecified atom stereocenters. The standard InChI is InChI=1S/C8H7N.Mn.2O/c1-2-4-8-7(3-1)5-6-9-8;;;/h1-6,9H;;;. The Morgan fingerprint density at radius 2 is 1.75 bits per heavy atom. The molecular formula is C8H7MnNO2. The minimum Gasteiger partial charge on any atom is -0.361 e. The fraction of sp³-hybridized carbons (Fsp3) is 0. The van der Waals surface area contributed by atoms with Gasteiger partial charge in [0.1, 0.15) is 0 Å². The SMILES string of the molecule is [O]=[Mn]=[O].c1ccc2[nH]ccc2c1. The summed E-state index contributed by atoms with van der Waals surface area (Å²) in [7, 11) is 0. The van der Waals surface area contributed by atoms with Crippen LogP contribution in [0.25, 0.3) is 10.9 Å². The summed E-state index contributed by atoms with van der Waals surface area (Å²) in [4.78, 5) is 3.12. The molecule has 0 spiro atoms. The molecule has 12 heavy (non-hydrogen) atoms. The summed E-state index contributed by atoms with van der Waals surface area (Å²) in [5.41, 5.74) is 1.21. The van der Waals surface area contributed by atoms with Crippen molar-refractivity contribution in [1.82, 2.24) is 4.98 Å². The van der Waals surface area contributed by atoms with Crippen molar-refractivity contribution in [2.24, 2.45) is 0 Å². The number of benzene rings is 1. The maximum Gasteiger partial charge on any atom is 0.0453 e. The third-order valence-electron chi connectivity index (χ3n) is 1.46. The topological polar surface area (TPSA) is 49.9 Å². The van der Waals surface area contributed by atoms with Gasteiger partial charge >= 0.3 is 22.5 Å². The third kappa shape index (κ3) is 2.19. The van der Waals surface area contributed by atoms with Crippen molar-refractivity contribution in [3.05, 3.63) is 36.5 Å². The molecule has 0 atom stereocenters. The zero-order valence-corrected chi connectivity index (χ0v) is 7.34. The van der Waals surface area contributed by atoms with Crippen LogP contribution >= 0.6 is 0 Å². The van der Waals surface area contributed by atoms with E-state index in [1.54, 1.807) is 0 Å². The van der Waals surface area contributed by atoms with Crippen molar-refractivity contribution in [2.45, 2.75) is 0 Å². The van der Waals surface area contributed by atoms with Crippen LogP contribution in [0.1, 0.15) is 0 Å². The molecule has 0 aliphatic heterocycles. The molecule has 63 valence electrons. The largest absolute Gasteiger partial charge is 0.361 e. The van der Waals surface area contributed by atoms with E-state index in [9.17, 15) is 0 Å². The molecule has 1 aromatic carbocycles. The Hall–Kier alpha value is -1.12. The summed E-state index contributed by atoms with van der Waals surface area (Å²) < 4.78 is 16.8. The van der Waals surface area contributed by atoms with Crippen LogP contribution in [0.4, 0.5) is 0 Å². The van der Waals surface area contributed by atoms with Crippen LogP contribution in [0, 0.1) is 0 Å². The summed E-state index contributed by atoms with van der Waals surface area (Å²) in [5.74, 6) is 0. The van der Waals surface area contributed by atoms with Gasteiger partial charge in [-0.2, -0.15) is 0 Å². The van der Waals surface area contributed by atoms with Crippen LogP contribution < -0.4 is 0 Å². The van der Waals surface area contributed by atoms with Gasteiger partial charge in [0.05, 0.1) is 0 Å². The Balaban J connectivity index is 0.000000213. The summed E-state index contributed by atoms with van der Waals surface area (Å²) in [5, 5.41) is 1.28. The molecule has 0 amide bonds. The van der Waals surface area contributed by atoms with E-state index >= 15 is 0 Å². The van der Waals surface area contributed by atoms with Crippen molar-refractivity contribution < 1.29 is 22.5 Å². The number of rotatable bonds is 0. The maximum absolute atomic E-state index is 8.41. The van der Waals surface area contributed by atoms with E-state index in [-0.39, 0.29) is 0 Å². The number of fused-ring (bicyclic) bond motifs is 1. The molecule has 4 heteroatoms. The molecule has 0 saturated carbocycles. The average Bonchev–Trinajstić information content (AvgIpc) is 2.52. The Kier molecular flexibility index (Phi) is 3.51. The van der Waals surface area contributed by atoms with Crippen LogP contribution in [0.3, 0.4) is 0 Å². The first-order chi connectivity index (χ1) is 5.88. The zero-order valence-electron chi connectivity index (χ0n) is 6.16. The molecule has 1 heterocycles. The van der Waals surface area contributed by atoms with Crippen LogP contribution in [0.15, 0.2) is 36.5 Å². The summed E-state index contributed by atoms with van der Waals surface area (Å²) in [6.07, 6.45) is 1.95. The first-order valence-electron chi connectivity index (χ1n) is 3.30. The van der Waals surface area contributed by atoms with Gasteiger partial charge in [-0.05, 0) is 17.5 Å². The van der Waals surface area contributed by atoms with E-state index < -0.39 is 14.8 Å². The molecule has 1 aromatic heterocycles. The van der Waals surface area contributed by atoms with Crippen LogP contribution in [0.5, 0.6) is 0 Å². The molecule has 3 nitrogen and oxygen atoms in total. The van der Waals surface area contributed by atoms with Gasteiger partial charge in [0, 0.05) is 11.7 Å². The summed E-state index contributed by atoms with van der Waals surface area (Å²) in [6, 6.07) is 10.3. The van der Waals surface area contributed by atoms with Crippen molar-refractivity contribution >= 4 is 10.9 Å². The fourth-order valence-corrected chi connectivity index (χ4v) is 0.995. The molecule has 2 rings (SSSR count). The number of aromatic nitrogens is 1. The Morgan fingerprint density at radius 3 is 2.42 bits per heavy atom. The van der Waals surface area contributed by atoms with E-state index in [0.717, 1.165) is 0 Å². The molecule has 0 fully saturated rings. The Morgan fingerprint density at radius 1 is 1.08 bits per heavy atom. The van der Waals surface area contributed by atoms with Gasteiger partial charge in [-0.25, -0.2) is 0 Å². The molecule has 0 radical (unpaired) electrons. The molecule has 0 saturated heterocycles. The number of para-hydroxylation sites is 1. The van der Waals surface area contributed by atoms with E-state index in [1.165, 1.54) is 10.9 Å². The van der Waals surface area contributed by atoms with Gasteiger partial charge in [0.25, 0.3) is 0 Å². The first-order valence-corrected chi connectivity index (χ1v) is 4.26. The molecule has 1 N–H and O–H groups in total. The van der Waals surface area contributed by atoms with Crippen molar-refractivity contribution in [3.8, 4) is 0 Å². The number of nitrogens with one attached hydrogen (secondary N) is 1. The molecule has 0 aliphatic rings. The Bertz CT molecular complexity index is 360. The fourth-order valence-electron chi connectivity index (χ4n) is 0.995. The normalized spacial score (nSPS) is 8.67. The number of hydrogen-bond acceptors (Lipinski definition) is 2. The quantitative estimate of drug-likeness (QED) is 0.666. The maximum atomic E-state index is 8.41. The number of H-pyrrole nitrogens is 1. The second-order valence-corrected chi connectivity index (χ2v) is 2.32. The number of aromatic amines is 1. The number of hydrogen-bond donors (Lipinski definition) is 1. The summed E-state index contributed by atoms with van der Waals surface area (Å²) >= 11 is -1.44. The van der Waals surface area contributed by atoms with Gasteiger partial charge < -0.3 is 4.98 Å². The minimum absolute atomic E-state index is 1.21. The molecule has 0 aliphatic carbocycles. The average molecular weight is 204 g/mol. The van der Waals surface area contributed by atoms with E-state index in [0.29, 0.717) is 0 Å². The van der Waals surface area contributed by atoms with Gasteiger partial charge in [0.2, 0.25) is 0 Å². The van der Waals surface area contributed by atoms with Crippen LogP contribution in [-0.2, 0) is 22.5 Å². The van der Waals surface area contributed by atoms with Gasteiger partial charge in [-0.1, -0.05) is 18.2 Å². The van der Waals surface area contributed by atoms with Crippen LogP contribution in [-0.4, -0.2) is 4.98 Å². The molecule has 2 aromatic rings. The predicted octanol–water partition coefficient (Wildman–Crippen LogP) is 1.93. The first kappa shape index (κ1) is 8.97. The molecule has 0 bridgehead atoms. The molecular weight excluding hydrogens is 197 g/mol.